The molecule has 16 heavy (non-hydrogen) atoms. The maximum absolute atomic E-state index is 11.0. The van der Waals surface area contributed by atoms with Crippen LogP contribution in [0, 0.1) is 0 Å². The Balaban J connectivity index is 2.39. The number of halogens is 1. The van der Waals surface area contributed by atoms with Gasteiger partial charge in [0.15, 0.2) is 6.29 Å². The highest BCUT2D eigenvalue weighted by Crippen LogP contribution is 2.29. The maximum atomic E-state index is 11.0. The Morgan fingerprint density at radius 3 is 3.12 bits per heavy atom. The molecule has 2 rings (SSSR count). The predicted octanol–water partition coefficient (Wildman–Crippen LogP) is 2.32. The van der Waals surface area contributed by atoms with E-state index in [9.17, 15) is 4.79 Å². The third kappa shape index (κ3) is 1.89. The zero-order valence-electron chi connectivity index (χ0n) is 9.19. The topological polar surface area (TPSA) is 46.1 Å². The van der Waals surface area contributed by atoms with Gasteiger partial charge in [0.2, 0.25) is 0 Å². The van der Waals surface area contributed by atoms with Crippen molar-refractivity contribution in [1.82, 2.24) is 9.97 Å². The second-order valence-electron chi connectivity index (χ2n) is 3.92. The number of anilines is 1. The van der Waals surface area contributed by atoms with E-state index >= 15 is 0 Å². The van der Waals surface area contributed by atoms with Crippen LogP contribution in [-0.2, 0) is 0 Å². The van der Waals surface area contributed by atoms with Crippen LogP contribution in [0.25, 0.3) is 0 Å². The Kier molecular flexibility index (Phi) is 3.39. The van der Waals surface area contributed by atoms with Gasteiger partial charge in [0, 0.05) is 12.6 Å². The summed E-state index contributed by atoms with van der Waals surface area (Å²) in [5.74, 6) is 0.680. The van der Waals surface area contributed by atoms with E-state index in [0.29, 0.717) is 17.4 Å². The molecule has 5 heteroatoms. The monoisotopic (exact) mass is 239 g/mol. The number of hydrogen-bond acceptors (Lipinski definition) is 4. The van der Waals surface area contributed by atoms with Gasteiger partial charge in [-0.15, -0.1) is 0 Å². The molecule has 1 atom stereocenters. The van der Waals surface area contributed by atoms with Crippen LogP contribution >= 0.6 is 11.6 Å². The first-order valence-corrected chi connectivity index (χ1v) is 5.88. The summed E-state index contributed by atoms with van der Waals surface area (Å²) in [6, 6.07) is 0.463. The van der Waals surface area contributed by atoms with E-state index in [4.69, 9.17) is 11.6 Å². The van der Waals surface area contributed by atoms with Crippen molar-refractivity contribution in [2.24, 2.45) is 0 Å². The van der Waals surface area contributed by atoms with Crippen molar-refractivity contribution in [3.8, 4) is 0 Å². The van der Waals surface area contributed by atoms with Crippen LogP contribution in [0.15, 0.2) is 6.33 Å². The van der Waals surface area contributed by atoms with Gasteiger partial charge in [0.05, 0.1) is 5.56 Å². The molecule has 0 N–H and O–H groups in total. The molecule has 1 aromatic rings. The number of rotatable bonds is 3. The first kappa shape index (κ1) is 11.3. The SMILES string of the molecule is CCC1CCCN1c1ncnc(Cl)c1C=O. The fourth-order valence-corrected chi connectivity index (χ4v) is 2.41. The van der Waals surface area contributed by atoms with Crippen molar-refractivity contribution in [3.05, 3.63) is 17.0 Å². The van der Waals surface area contributed by atoms with Crippen molar-refractivity contribution >= 4 is 23.7 Å². The van der Waals surface area contributed by atoms with Crippen LogP contribution in [0.1, 0.15) is 36.5 Å². The minimum atomic E-state index is 0.238. The fraction of sp³-hybridized carbons (Fsp3) is 0.545. The third-order valence-electron chi connectivity index (χ3n) is 3.05. The van der Waals surface area contributed by atoms with Crippen molar-refractivity contribution in [3.63, 3.8) is 0 Å². The summed E-state index contributed by atoms with van der Waals surface area (Å²) < 4.78 is 0. The van der Waals surface area contributed by atoms with Gasteiger partial charge in [-0.2, -0.15) is 0 Å². The molecule has 86 valence electrons. The second kappa shape index (κ2) is 4.78. The van der Waals surface area contributed by atoms with Crippen LogP contribution in [0.5, 0.6) is 0 Å². The minimum absolute atomic E-state index is 0.238. The molecule has 0 aliphatic carbocycles. The fourth-order valence-electron chi connectivity index (χ4n) is 2.23. The quantitative estimate of drug-likeness (QED) is 0.600. The van der Waals surface area contributed by atoms with Gasteiger partial charge in [0.1, 0.15) is 17.3 Å². The Labute approximate surface area is 99.6 Å². The minimum Gasteiger partial charge on any atom is -0.353 e. The summed E-state index contributed by atoms with van der Waals surface area (Å²) in [7, 11) is 0. The highest BCUT2D eigenvalue weighted by Gasteiger charge is 2.26. The smallest absolute Gasteiger partial charge is 0.156 e. The zero-order chi connectivity index (χ0) is 11.5. The molecular weight excluding hydrogens is 226 g/mol. The standard InChI is InChI=1S/C11H14ClN3O/c1-2-8-4-3-5-15(8)11-9(6-16)10(12)13-7-14-11/h6-8H,2-5H2,1H3. The molecule has 1 aliphatic rings. The van der Waals surface area contributed by atoms with Crippen LogP contribution in [0.4, 0.5) is 5.82 Å². The highest BCUT2D eigenvalue weighted by molar-refractivity contribution is 6.32. The Hall–Kier alpha value is -1.16. The van der Waals surface area contributed by atoms with Crippen LogP contribution in [-0.4, -0.2) is 28.8 Å². The average Bonchev–Trinajstić information content (AvgIpc) is 2.76. The Bertz CT molecular complexity index is 397. The molecule has 2 heterocycles. The molecule has 1 fully saturated rings. The number of aromatic nitrogens is 2. The van der Waals surface area contributed by atoms with E-state index in [1.807, 2.05) is 0 Å². The van der Waals surface area contributed by atoms with E-state index in [2.05, 4.69) is 21.8 Å². The van der Waals surface area contributed by atoms with Crippen LogP contribution in [0.2, 0.25) is 5.15 Å². The van der Waals surface area contributed by atoms with Crippen LogP contribution in [0.3, 0.4) is 0 Å². The van der Waals surface area contributed by atoms with Crippen molar-refractivity contribution < 1.29 is 4.79 Å². The van der Waals surface area contributed by atoms with E-state index in [-0.39, 0.29) is 5.15 Å². The maximum Gasteiger partial charge on any atom is 0.156 e. The molecule has 1 saturated heterocycles. The van der Waals surface area contributed by atoms with Gasteiger partial charge in [-0.05, 0) is 19.3 Å². The molecule has 0 bridgehead atoms. The summed E-state index contributed by atoms with van der Waals surface area (Å²) in [5.41, 5.74) is 0.407. The van der Waals surface area contributed by atoms with Gasteiger partial charge < -0.3 is 4.90 Å². The van der Waals surface area contributed by atoms with Gasteiger partial charge >= 0.3 is 0 Å². The first-order valence-electron chi connectivity index (χ1n) is 5.50. The molecule has 0 radical (unpaired) electrons. The molecule has 4 nitrogen and oxygen atoms in total. The molecule has 0 amide bonds. The summed E-state index contributed by atoms with van der Waals surface area (Å²) in [6.07, 6.45) is 5.49. The lowest BCUT2D eigenvalue weighted by atomic mass is 10.1. The molecule has 1 unspecified atom stereocenters. The molecule has 1 aromatic heterocycles. The zero-order valence-corrected chi connectivity index (χ0v) is 9.94. The lowest BCUT2D eigenvalue weighted by Crippen LogP contribution is -2.30. The van der Waals surface area contributed by atoms with Gasteiger partial charge in [-0.3, -0.25) is 4.79 Å². The normalized spacial score (nSPS) is 20.1. The van der Waals surface area contributed by atoms with Crippen molar-refractivity contribution in [2.45, 2.75) is 32.2 Å². The first-order chi connectivity index (χ1) is 7.77. The average molecular weight is 240 g/mol. The van der Waals surface area contributed by atoms with Gasteiger partial charge in [0.25, 0.3) is 0 Å². The van der Waals surface area contributed by atoms with Gasteiger partial charge in [-0.25, -0.2) is 9.97 Å². The third-order valence-corrected chi connectivity index (χ3v) is 3.35. The predicted molar refractivity (Wildman–Crippen MR) is 63.1 cm³/mol. The molecule has 0 saturated carbocycles. The number of aldehydes is 1. The summed E-state index contributed by atoms with van der Waals surface area (Å²) in [6.45, 7) is 3.08. The van der Waals surface area contributed by atoms with Crippen molar-refractivity contribution in [2.75, 3.05) is 11.4 Å². The molecule has 0 spiro atoms. The molecular formula is C11H14ClN3O. The van der Waals surface area contributed by atoms with E-state index in [0.717, 1.165) is 32.1 Å². The highest BCUT2D eigenvalue weighted by atomic mass is 35.5. The van der Waals surface area contributed by atoms with Crippen molar-refractivity contribution in [1.29, 1.82) is 0 Å². The van der Waals surface area contributed by atoms with E-state index in [1.165, 1.54) is 6.33 Å². The second-order valence-corrected chi connectivity index (χ2v) is 4.28. The lowest BCUT2D eigenvalue weighted by Gasteiger charge is -2.25. The van der Waals surface area contributed by atoms with E-state index < -0.39 is 0 Å². The number of hydrogen-bond donors (Lipinski definition) is 0. The summed E-state index contributed by atoms with van der Waals surface area (Å²) >= 11 is 5.89. The summed E-state index contributed by atoms with van der Waals surface area (Å²) in [4.78, 5) is 21.2. The molecule has 1 aliphatic heterocycles. The van der Waals surface area contributed by atoms with E-state index in [1.54, 1.807) is 0 Å². The number of nitrogens with zero attached hydrogens (tertiary/aromatic N) is 3. The number of carbonyl (C=O) groups excluding carboxylic acids is 1. The summed E-state index contributed by atoms with van der Waals surface area (Å²) in [5, 5.41) is 0.238. The molecule has 0 aromatic carbocycles. The largest absolute Gasteiger partial charge is 0.353 e. The lowest BCUT2D eigenvalue weighted by molar-refractivity contribution is 0.112. The van der Waals surface area contributed by atoms with Crippen LogP contribution < -0.4 is 4.90 Å². The van der Waals surface area contributed by atoms with Gasteiger partial charge in [-0.1, -0.05) is 18.5 Å². The Morgan fingerprint density at radius 1 is 1.62 bits per heavy atom. The Morgan fingerprint density at radius 2 is 2.44 bits per heavy atom. The number of carbonyl (C=O) groups is 1.